The first kappa shape index (κ1) is 18.3. The number of nitrogens with zero attached hydrogens (tertiary/aromatic N) is 1. The highest BCUT2D eigenvalue weighted by atomic mass is 16.6. The molecule has 0 bridgehead atoms. The molecule has 0 fully saturated rings. The number of nitro groups is 1. The Morgan fingerprint density at radius 1 is 1.26 bits per heavy atom. The molecule has 0 N–H and O–H groups in total. The van der Waals surface area contributed by atoms with E-state index < -0.39 is 28.6 Å². The summed E-state index contributed by atoms with van der Waals surface area (Å²) < 4.78 is 10.3. The Labute approximate surface area is 134 Å². The van der Waals surface area contributed by atoms with Crippen LogP contribution < -0.4 is 0 Å². The SMILES string of the molecule is C=C(C(=O)OC(C)(C)C)C(OC(C)=O)c1ccccc1[N+](=O)[O-]. The number of hydrogen-bond acceptors (Lipinski definition) is 6. The fourth-order valence-corrected chi connectivity index (χ4v) is 1.81. The van der Waals surface area contributed by atoms with Crippen LogP contribution in [0, 0.1) is 10.1 Å². The molecule has 0 aliphatic heterocycles. The van der Waals surface area contributed by atoms with Gasteiger partial charge >= 0.3 is 11.9 Å². The Balaban J connectivity index is 3.25. The molecular formula is C16H19NO6. The summed E-state index contributed by atoms with van der Waals surface area (Å²) in [4.78, 5) is 34.0. The minimum atomic E-state index is -1.29. The third-order valence-electron chi connectivity index (χ3n) is 2.68. The van der Waals surface area contributed by atoms with Crippen LogP contribution in [0.15, 0.2) is 36.4 Å². The van der Waals surface area contributed by atoms with Gasteiger partial charge in [0.1, 0.15) is 5.60 Å². The van der Waals surface area contributed by atoms with Crippen LogP contribution in [0.2, 0.25) is 0 Å². The summed E-state index contributed by atoms with van der Waals surface area (Å²) in [6.45, 7) is 9.75. The average Bonchev–Trinajstić information content (AvgIpc) is 2.42. The van der Waals surface area contributed by atoms with Gasteiger partial charge in [0.25, 0.3) is 5.69 Å². The maximum Gasteiger partial charge on any atom is 0.338 e. The summed E-state index contributed by atoms with van der Waals surface area (Å²) in [5.41, 5.74) is -1.18. The molecule has 23 heavy (non-hydrogen) atoms. The molecule has 0 aromatic heterocycles. The third kappa shape index (κ3) is 5.21. The van der Waals surface area contributed by atoms with E-state index in [9.17, 15) is 19.7 Å². The Morgan fingerprint density at radius 2 is 1.83 bits per heavy atom. The van der Waals surface area contributed by atoms with Crippen LogP contribution in [0.1, 0.15) is 39.4 Å². The molecule has 0 saturated carbocycles. The summed E-state index contributed by atoms with van der Waals surface area (Å²) in [6.07, 6.45) is -1.29. The highest BCUT2D eigenvalue weighted by molar-refractivity contribution is 5.90. The molecule has 0 radical (unpaired) electrons. The molecule has 7 heteroatoms. The van der Waals surface area contributed by atoms with Crippen molar-refractivity contribution in [2.75, 3.05) is 0 Å². The van der Waals surface area contributed by atoms with Crippen LogP contribution in [0.25, 0.3) is 0 Å². The van der Waals surface area contributed by atoms with Crippen LogP contribution in [0.5, 0.6) is 0 Å². The number of carbonyl (C=O) groups excluding carboxylic acids is 2. The summed E-state index contributed by atoms with van der Waals surface area (Å²) in [7, 11) is 0. The van der Waals surface area contributed by atoms with E-state index in [1.807, 2.05) is 0 Å². The number of rotatable bonds is 5. The summed E-state index contributed by atoms with van der Waals surface area (Å²) >= 11 is 0. The Morgan fingerprint density at radius 3 is 2.30 bits per heavy atom. The van der Waals surface area contributed by atoms with Gasteiger partial charge in [-0.15, -0.1) is 0 Å². The highest BCUT2D eigenvalue weighted by Gasteiger charge is 2.32. The second-order valence-corrected chi connectivity index (χ2v) is 5.83. The van der Waals surface area contributed by atoms with Gasteiger partial charge < -0.3 is 9.47 Å². The molecule has 1 atom stereocenters. The Bertz CT molecular complexity index is 644. The van der Waals surface area contributed by atoms with Crippen molar-refractivity contribution in [3.63, 3.8) is 0 Å². The normalized spacial score (nSPS) is 12.2. The van der Waals surface area contributed by atoms with Crippen LogP contribution in [0.3, 0.4) is 0 Å². The van der Waals surface area contributed by atoms with Crippen molar-refractivity contribution in [2.24, 2.45) is 0 Å². The third-order valence-corrected chi connectivity index (χ3v) is 2.68. The van der Waals surface area contributed by atoms with Gasteiger partial charge in [0.15, 0.2) is 6.10 Å². The molecule has 1 aromatic carbocycles. The largest absolute Gasteiger partial charge is 0.457 e. The fraction of sp³-hybridized carbons (Fsp3) is 0.375. The molecule has 0 heterocycles. The molecule has 0 spiro atoms. The maximum atomic E-state index is 12.2. The van der Waals surface area contributed by atoms with Crippen LogP contribution in [-0.4, -0.2) is 22.5 Å². The van der Waals surface area contributed by atoms with E-state index in [4.69, 9.17) is 9.47 Å². The number of benzene rings is 1. The summed E-state index contributed by atoms with van der Waals surface area (Å²) in [5.74, 6) is -1.49. The molecule has 1 rings (SSSR count). The minimum absolute atomic E-state index is 0.0589. The van der Waals surface area contributed by atoms with Crippen molar-refractivity contribution in [1.82, 2.24) is 0 Å². The van der Waals surface area contributed by atoms with Crippen LogP contribution in [-0.2, 0) is 19.1 Å². The molecule has 0 amide bonds. The van der Waals surface area contributed by atoms with Crippen molar-refractivity contribution in [3.05, 3.63) is 52.1 Å². The molecule has 0 aliphatic rings. The smallest absolute Gasteiger partial charge is 0.338 e. The summed E-state index contributed by atoms with van der Waals surface area (Å²) in [6, 6.07) is 5.68. The van der Waals surface area contributed by atoms with E-state index in [2.05, 4.69) is 6.58 Å². The number of para-hydroxylation sites is 1. The monoisotopic (exact) mass is 321 g/mol. The maximum absolute atomic E-state index is 12.2. The topological polar surface area (TPSA) is 95.7 Å². The number of carbonyl (C=O) groups is 2. The molecule has 1 unspecified atom stereocenters. The average molecular weight is 321 g/mol. The fourth-order valence-electron chi connectivity index (χ4n) is 1.81. The van der Waals surface area contributed by atoms with E-state index in [1.54, 1.807) is 26.8 Å². The lowest BCUT2D eigenvalue weighted by atomic mass is 10.0. The summed E-state index contributed by atoms with van der Waals surface area (Å²) in [5, 5.41) is 11.2. The van der Waals surface area contributed by atoms with Crippen molar-refractivity contribution in [1.29, 1.82) is 0 Å². The Kier molecular flexibility index (Phi) is 5.62. The van der Waals surface area contributed by atoms with E-state index in [-0.39, 0.29) is 16.8 Å². The van der Waals surface area contributed by atoms with E-state index in [0.29, 0.717) is 0 Å². The van der Waals surface area contributed by atoms with Crippen molar-refractivity contribution in [3.8, 4) is 0 Å². The molecule has 0 aliphatic carbocycles. The van der Waals surface area contributed by atoms with Gasteiger partial charge in [-0.05, 0) is 26.8 Å². The first-order valence-electron chi connectivity index (χ1n) is 6.85. The van der Waals surface area contributed by atoms with E-state index in [1.165, 1.54) is 18.2 Å². The van der Waals surface area contributed by atoms with Crippen molar-refractivity contribution < 1.29 is 24.0 Å². The van der Waals surface area contributed by atoms with Crippen molar-refractivity contribution >= 4 is 17.6 Å². The van der Waals surface area contributed by atoms with Gasteiger partial charge in [-0.2, -0.15) is 0 Å². The lowest BCUT2D eigenvalue weighted by Gasteiger charge is -2.23. The molecule has 1 aromatic rings. The Hall–Kier alpha value is -2.70. The lowest BCUT2D eigenvalue weighted by Crippen LogP contribution is -2.27. The molecule has 124 valence electrons. The number of hydrogen-bond donors (Lipinski definition) is 0. The van der Waals surface area contributed by atoms with Gasteiger partial charge in [0.2, 0.25) is 0 Å². The predicted molar refractivity (Wildman–Crippen MR) is 82.6 cm³/mol. The minimum Gasteiger partial charge on any atom is -0.457 e. The first-order chi connectivity index (χ1) is 10.5. The lowest BCUT2D eigenvalue weighted by molar-refractivity contribution is -0.386. The first-order valence-corrected chi connectivity index (χ1v) is 6.85. The quantitative estimate of drug-likeness (QED) is 0.358. The van der Waals surface area contributed by atoms with E-state index >= 15 is 0 Å². The van der Waals surface area contributed by atoms with Crippen molar-refractivity contribution in [2.45, 2.75) is 39.4 Å². The highest BCUT2D eigenvalue weighted by Crippen LogP contribution is 2.33. The predicted octanol–water partition coefficient (Wildman–Crippen LogP) is 3.10. The molecule has 0 saturated heterocycles. The number of nitro benzene ring substituents is 1. The van der Waals surface area contributed by atoms with Gasteiger partial charge in [-0.25, -0.2) is 4.79 Å². The van der Waals surface area contributed by atoms with Gasteiger partial charge in [-0.3, -0.25) is 14.9 Å². The van der Waals surface area contributed by atoms with Crippen LogP contribution >= 0.6 is 0 Å². The van der Waals surface area contributed by atoms with Gasteiger partial charge in [0, 0.05) is 13.0 Å². The number of esters is 2. The van der Waals surface area contributed by atoms with E-state index in [0.717, 1.165) is 6.92 Å². The zero-order valence-electron chi connectivity index (χ0n) is 13.5. The number of ether oxygens (including phenoxy) is 2. The molecular weight excluding hydrogens is 302 g/mol. The second kappa shape index (κ2) is 7.04. The van der Waals surface area contributed by atoms with Crippen LogP contribution in [0.4, 0.5) is 5.69 Å². The van der Waals surface area contributed by atoms with Gasteiger partial charge in [0.05, 0.1) is 16.1 Å². The second-order valence-electron chi connectivity index (χ2n) is 5.83. The molecule has 7 nitrogen and oxygen atoms in total. The van der Waals surface area contributed by atoms with Gasteiger partial charge in [-0.1, -0.05) is 18.7 Å². The zero-order chi connectivity index (χ0) is 17.8. The standard InChI is InChI=1S/C16H19NO6/c1-10(15(19)23-16(3,4)5)14(22-11(2)18)12-8-6-7-9-13(12)17(20)21/h6-9,14H,1H2,2-5H3. The zero-order valence-corrected chi connectivity index (χ0v) is 13.5.